The maximum absolute atomic E-state index is 12.4. The summed E-state index contributed by atoms with van der Waals surface area (Å²) < 4.78 is 0. The number of carbonyl (C=O) groups excluding carboxylic acids is 1. The number of aromatic nitrogens is 1. The van der Waals surface area contributed by atoms with Crippen LogP contribution in [0.25, 0.3) is 0 Å². The molecule has 1 amide bonds. The number of carbonyl (C=O) groups is 1. The molecule has 1 atom stereocenters. The fourth-order valence-electron chi connectivity index (χ4n) is 2.44. The maximum atomic E-state index is 12.4. The molecule has 0 saturated carbocycles. The highest BCUT2D eigenvalue weighted by Crippen LogP contribution is 2.20. The number of pyridine rings is 1. The summed E-state index contributed by atoms with van der Waals surface area (Å²) in [6.45, 7) is 6.03. The first kappa shape index (κ1) is 14.3. The summed E-state index contributed by atoms with van der Waals surface area (Å²) >= 11 is 0. The van der Waals surface area contributed by atoms with Crippen LogP contribution in [0.15, 0.2) is 42.5 Å². The van der Waals surface area contributed by atoms with E-state index in [2.05, 4.69) is 10.3 Å². The Hall–Kier alpha value is -2.16. The summed E-state index contributed by atoms with van der Waals surface area (Å²) in [5.74, 6) is 0.659. The minimum atomic E-state index is -0.120. The molecule has 20 heavy (non-hydrogen) atoms. The molecule has 0 radical (unpaired) electrons. The molecule has 0 fully saturated rings. The number of benzene rings is 1. The van der Waals surface area contributed by atoms with Crippen LogP contribution in [0.5, 0.6) is 0 Å². The Bertz CT molecular complexity index is 573. The number of aryl methyl sites for hydroxylation is 2. The Kier molecular flexibility index (Phi) is 4.51. The summed E-state index contributed by atoms with van der Waals surface area (Å²) in [4.78, 5) is 15.6. The molecular formula is C17H21N2O+. The van der Waals surface area contributed by atoms with Gasteiger partial charge >= 0.3 is 5.91 Å². The number of amides is 1. The van der Waals surface area contributed by atoms with E-state index in [0.29, 0.717) is 0 Å². The Morgan fingerprint density at radius 1 is 1.20 bits per heavy atom. The fourth-order valence-corrected chi connectivity index (χ4v) is 2.44. The lowest BCUT2D eigenvalue weighted by Gasteiger charge is -2.11. The van der Waals surface area contributed by atoms with Crippen LogP contribution in [-0.4, -0.2) is 5.91 Å². The zero-order valence-electron chi connectivity index (χ0n) is 12.2. The van der Waals surface area contributed by atoms with Gasteiger partial charge in [0.2, 0.25) is 0 Å². The molecule has 104 valence electrons. The standard InChI is InChI=1S/C17H20N2O/c1-4-15(14-8-6-5-7-9-14)17(20)19-16-11-12(2)10-13(3)18-16/h5-11,15H,4H2,1-3H3,(H,18,19,20)/p+1. The normalized spacial score (nSPS) is 11.9. The molecule has 0 bridgehead atoms. The smallest absolute Gasteiger partial charge is 0.246 e. The van der Waals surface area contributed by atoms with Crippen molar-refractivity contribution in [1.82, 2.24) is 0 Å². The first-order valence-corrected chi connectivity index (χ1v) is 6.96. The van der Waals surface area contributed by atoms with E-state index in [-0.39, 0.29) is 11.8 Å². The molecular weight excluding hydrogens is 248 g/mol. The molecule has 2 N–H and O–H groups in total. The molecule has 2 aromatic rings. The Balaban J connectivity index is 2.18. The predicted octanol–water partition coefficient (Wildman–Crippen LogP) is 3.25. The second-order valence-electron chi connectivity index (χ2n) is 5.12. The van der Waals surface area contributed by atoms with Crippen LogP contribution in [0.4, 0.5) is 5.82 Å². The van der Waals surface area contributed by atoms with Gasteiger partial charge in [0, 0.05) is 6.07 Å². The minimum Gasteiger partial charge on any atom is -0.246 e. The molecule has 3 nitrogen and oxygen atoms in total. The summed E-state index contributed by atoms with van der Waals surface area (Å²) in [6, 6.07) is 13.9. The van der Waals surface area contributed by atoms with Crippen molar-refractivity contribution in [2.75, 3.05) is 5.32 Å². The second-order valence-corrected chi connectivity index (χ2v) is 5.12. The first-order valence-electron chi connectivity index (χ1n) is 6.96. The highest BCUT2D eigenvalue weighted by molar-refractivity contribution is 5.94. The van der Waals surface area contributed by atoms with Gasteiger partial charge in [0.25, 0.3) is 5.82 Å². The zero-order valence-corrected chi connectivity index (χ0v) is 12.2. The van der Waals surface area contributed by atoms with Gasteiger partial charge in [-0.2, -0.15) is 0 Å². The molecule has 2 rings (SSSR count). The van der Waals surface area contributed by atoms with Crippen molar-refractivity contribution in [3.8, 4) is 0 Å². The lowest BCUT2D eigenvalue weighted by atomic mass is 9.96. The summed E-state index contributed by atoms with van der Waals surface area (Å²) in [7, 11) is 0. The average molecular weight is 269 g/mol. The minimum absolute atomic E-state index is 0.0277. The summed E-state index contributed by atoms with van der Waals surface area (Å²) in [6.07, 6.45) is 0.778. The van der Waals surface area contributed by atoms with E-state index in [4.69, 9.17) is 0 Å². The quantitative estimate of drug-likeness (QED) is 0.909. The number of nitrogens with one attached hydrogen (secondary N) is 2. The van der Waals surface area contributed by atoms with Gasteiger partial charge in [-0.3, -0.25) is 0 Å². The Morgan fingerprint density at radius 3 is 2.50 bits per heavy atom. The summed E-state index contributed by atoms with van der Waals surface area (Å²) in [5, 5.41) is 2.98. The molecule has 3 heteroatoms. The molecule has 0 spiro atoms. The van der Waals surface area contributed by atoms with Gasteiger partial charge in [-0.1, -0.05) is 37.3 Å². The zero-order chi connectivity index (χ0) is 14.5. The van der Waals surface area contributed by atoms with E-state index in [9.17, 15) is 4.79 Å². The molecule has 1 heterocycles. The van der Waals surface area contributed by atoms with Gasteiger partial charge in [-0.25, -0.2) is 15.1 Å². The lowest BCUT2D eigenvalue weighted by Crippen LogP contribution is -2.26. The fraction of sp³-hybridized carbons (Fsp3) is 0.294. The van der Waals surface area contributed by atoms with Gasteiger partial charge in [0.1, 0.15) is 0 Å². The van der Waals surface area contributed by atoms with Gasteiger partial charge < -0.3 is 0 Å². The van der Waals surface area contributed by atoms with E-state index in [1.165, 1.54) is 0 Å². The van der Waals surface area contributed by atoms with Crippen molar-refractivity contribution in [2.45, 2.75) is 33.1 Å². The summed E-state index contributed by atoms with van der Waals surface area (Å²) in [5.41, 5.74) is 3.22. The molecule has 0 saturated heterocycles. The van der Waals surface area contributed by atoms with Crippen molar-refractivity contribution in [2.24, 2.45) is 0 Å². The highest BCUT2D eigenvalue weighted by atomic mass is 16.1. The second kappa shape index (κ2) is 6.33. The molecule has 1 aromatic heterocycles. The number of hydrogen-bond acceptors (Lipinski definition) is 1. The van der Waals surface area contributed by atoms with Crippen molar-refractivity contribution in [3.05, 3.63) is 59.3 Å². The monoisotopic (exact) mass is 269 g/mol. The third kappa shape index (κ3) is 3.44. The SMILES string of the molecule is CCC(C(=O)Nc1cc(C)cc(C)[nH+]1)c1ccccc1. The van der Waals surface area contributed by atoms with E-state index < -0.39 is 0 Å². The van der Waals surface area contributed by atoms with E-state index in [1.54, 1.807) is 0 Å². The first-order chi connectivity index (χ1) is 9.60. The van der Waals surface area contributed by atoms with E-state index in [1.807, 2.05) is 63.2 Å². The van der Waals surface area contributed by atoms with Crippen LogP contribution >= 0.6 is 0 Å². The van der Waals surface area contributed by atoms with Crippen LogP contribution in [-0.2, 0) is 4.79 Å². The van der Waals surface area contributed by atoms with Crippen LogP contribution < -0.4 is 10.3 Å². The largest absolute Gasteiger partial charge is 0.314 e. The highest BCUT2D eigenvalue weighted by Gasteiger charge is 2.23. The van der Waals surface area contributed by atoms with Gasteiger partial charge in [0.05, 0.1) is 11.6 Å². The van der Waals surface area contributed by atoms with Gasteiger partial charge in [-0.15, -0.1) is 0 Å². The van der Waals surface area contributed by atoms with Crippen LogP contribution in [0.3, 0.4) is 0 Å². The van der Waals surface area contributed by atoms with Crippen molar-refractivity contribution in [3.63, 3.8) is 0 Å². The predicted molar refractivity (Wildman–Crippen MR) is 80.6 cm³/mol. The maximum Gasteiger partial charge on any atom is 0.314 e. The van der Waals surface area contributed by atoms with Gasteiger partial charge in [-0.05, 0) is 37.5 Å². The third-order valence-electron chi connectivity index (χ3n) is 3.33. The Morgan fingerprint density at radius 2 is 1.90 bits per heavy atom. The topological polar surface area (TPSA) is 43.2 Å². The van der Waals surface area contributed by atoms with Gasteiger partial charge in [0.15, 0.2) is 0 Å². The third-order valence-corrected chi connectivity index (χ3v) is 3.33. The van der Waals surface area contributed by atoms with Crippen LogP contribution in [0.1, 0.15) is 36.1 Å². The Labute approximate surface area is 120 Å². The van der Waals surface area contributed by atoms with Crippen LogP contribution in [0, 0.1) is 13.8 Å². The lowest BCUT2D eigenvalue weighted by molar-refractivity contribution is -0.370. The number of hydrogen-bond donors (Lipinski definition) is 1. The van der Waals surface area contributed by atoms with E-state index >= 15 is 0 Å². The molecule has 0 aliphatic carbocycles. The van der Waals surface area contributed by atoms with Crippen molar-refractivity contribution >= 4 is 11.7 Å². The van der Waals surface area contributed by atoms with Crippen molar-refractivity contribution in [1.29, 1.82) is 0 Å². The molecule has 0 aliphatic rings. The number of rotatable bonds is 4. The molecule has 1 aromatic carbocycles. The number of aromatic amines is 1. The van der Waals surface area contributed by atoms with Crippen molar-refractivity contribution < 1.29 is 9.78 Å². The number of anilines is 1. The van der Waals surface area contributed by atoms with Crippen LogP contribution in [0.2, 0.25) is 0 Å². The average Bonchev–Trinajstić information content (AvgIpc) is 2.39. The van der Waals surface area contributed by atoms with E-state index in [0.717, 1.165) is 29.1 Å². The molecule has 1 unspecified atom stereocenters. The molecule has 0 aliphatic heterocycles. The number of H-pyrrole nitrogens is 1.